The molecule has 0 amide bonds. The van der Waals surface area contributed by atoms with Crippen LogP contribution in [0.5, 0.6) is 5.75 Å². The van der Waals surface area contributed by atoms with Crippen LogP contribution in [-0.2, 0) is 6.54 Å². The second-order valence-electron chi connectivity index (χ2n) is 5.37. The first-order chi connectivity index (χ1) is 12.6. The Kier molecular flexibility index (Phi) is 5.45. The van der Waals surface area contributed by atoms with Crippen molar-refractivity contribution in [1.82, 2.24) is 4.57 Å². The maximum atomic E-state index is 10.8. The lowest BCUT2D eigenvalue weighted by Gasteiger charge is -2.08. The summed E-state index contributed by atoms with van der Waals surface area (Å²) >= 11 is 1.43. The lowest BCUT2D eigenvalue weighted by Crippen LogP contribution is -2.17. The smallest absolute Gasteiger partial charge is 0.269 e. The number of rotatable bonds is 6. The van der Waals surface area contributed by atoms with Crippen molar-refractivity contribution < 1.29 is 14.8 Å². The summed E-state index contributed by atoms with van der Waals surface area (Å²) in [6, 6.07) is 13.8. The summed E-state index contributed by atoms with van der Waals surface area (Å²) in [5.41, 5.74) is 2.39. The number of thiazole rings is 1. The Morgan fingerprint density at radius 2 is 1.96 bits per heavy atom. The SMILES string of the molecule is COc1ccccc1N=c1scc(-c2ccc([N+](=O)[O-])cc2)n1CCO. The van der Waals surface area contributed by atoms with E-state index in [0.717, 1.165) is 11.3 Å². The van der Waals surface area contributed by atoms with Gasteiger partial charge in [-0.05, 0) is 29.8 Å². The number of hydrogen-bond acceptors (Lipinski definition) is 6. The van der Waals surface area contributed by atoms with Gasteiger partial charge in [-0.3, -0.25) is 10.1 Å². The van der Waals surface area contributed by atoms with Gasteiger partial charge in [-0.2, -0.15) is 0 Å². The molecule has 2 aromatic carbocycles. The molecule has 8 heteroatoms. The number of non-ortho nitro benzene ring substituents is 1. The zero-order chi connectivity index (χ0) is 18.5. The number of aliphatic hydroxyl groups excluding tert-OH is 1. The summed E-state index contributed by atoms with van der Waals surface area (Å²) in [4.78, 5) is 15.8. The summed E-state index contributed by atoms with van der Waals surface area (Å²) in [5, 5.41) is 22.2. The Morgan fingerprint density at radius 3 is 2.62 bits per heavy atom. The van der Waals surface area contributed by atoms with Crippen molar-refractivity contribution in [2.75, 3.05) is 13.7 Å². The monoisotopic (exact) mass is 371 g/mol. The van der Waals surface area contributed by atoms with Gasteiger partial charge in [0.15, 0.2) is 4.80 Å². The van der Waals surface area contributed by atoms with Gasteiger partial charge in [0.2, 0.25) is 0 Å². The van der Waals surface area contributed by atoms with Crippen LogP contribution < -0.4 is 9.54 Å². The minimum atomic E-state index is -0.429. The number of nitro groups is 1. The Bertz CT molecular complexity index is 977. The fraction of sp³-hybridized carbons (Fsp3) is 0.167. The Labute approximate surface area is 153 Å². The normalized spacial score (nSPS) is 11.5. The van der Waals surface area contributed by atoms with Crippen LogP contribution in [0.15, 0.2) is 58.9 Å². The third-order valence-electron chi connectivity index (χ3n) is 3.80. The second kappa shape index (κ2) is 7.94. The van der Waals surface area contributed by atoms with Gasteiger partial charge < -0.3 is 14.4 Å². The highest BCUT2D eigenvalue weighted by molar-refractivity contribution is 7.07. The Balaban J connectivity index is 2.09. The fourth-order valence-electron chi connectivity index (χ4n) is 2.54. The van der Waals surface area contributed by atoms with E-state index in [1.165, 1.54) is 23.5 Å². The van der Waals surface area contributed by atoms with Crippen molar-refractivity contribution in [3.05, 3.63) is 68.8 Å². The molecular weight excluding hydrogens is 354 g/mol. The second-order valence-corrected chi connectivity index (χ2v) is 6.20. The number of methoxy groups -OCH3 is 1. The van der Waals surface area contributed by atoms with Crippen LogP contribution in [0.2, 0.25) is 0 Å². The molecule has 0 bridgehead atoms. The largest absolute Gasteiger partial charge is 0.494 e. The maximum absolute atomic E-state index is 10.8. The van der Waals surface area contributed by atoms with Crippen molar-refractivity contribution in [2.45, 2.75) is 6.54 Å². The van der Waals surface area contributed by atoms with Crippen molar-refractivity contribution in [3.8, 4) is 17.0 Å². The highest BCUT2D eigenvalue weighted by Crippen LogP contribution is 2.27. The molecule has 0 unspecified atom stereocenters. The van der Waals surface area contributed by atoms with Gasteiger partial charge in [0, 0.05) is 24.1 Å². The van der Waals surface area contributed by atoms with Crippen LogP contribution in [0.1, 0.15) is 0 Å². The van der Waals surface area contributed by atoms with Crippen LogP contribution in [0.25, 0.3) is 11.3 Å². The molecule has 134 valence electrons. The molecule has 0 saturated heterocycles. The lowest BCUT2D eigenvalue weighted by molar-refractivity contribution is -0.384. The minimum absolute atomic E-state index is 0.0385. The number of ether oxygens (including phenoxy) is 1. The van der Waals surface area contributed by atoms with Gasteiger partial charge in [0.25, 0.3) is 5.69 Å². The number of para-hydroxylation sites is 2. The van der Waals surface area contributed by atoms with Crippen molar-refractivity contribution in [3.63, 3.8) is 0 Å². The van der Waals surface area contributed by atoms with E-state index in [-0.39, 0.29) is 12.3 Å². The molecule has 0 aliphatic heterocycles. The maximum Gasteiger partial charge on any atom is 0.269 e. The molecule has 0 fully saturated rings. The highest BCUT2D eigenvalue weighted by Gasteiger charge is 2.11. The molecule has 0 atom stereocenters. The molecule has 26 heavy (non-hydrogen) atoms. The van der Waals surface area contributed by atoms with Gasteiger partial charge in [0.1, 0.15) is 11.4 Å². The first-order valence-corrected chi connectivity index (χ1v) is 8.73. The number of aromatic nitrogens is 1. The average Bonchev–Trinajstić information content (AvgIpc) is 3.05. The standard InChI is InChI=1S/C18H17N3O4S/c1-25-17-5-3-2-4-15(17)19-18-20(10-11-22)16(12-26-18)13-6-8-14(9-7-13)21(23)24/h2-9,12,22H,10-11H2,1H3. The van der Waals surface area contributed by atoms with Crippen LogP contribution in [0.3, 0.4) is 0 Å². The average molecular weight is 371 g/mol. The Morgan fingerprint density at radius 1 is 1.23 bits per heavy atom. The molecule has 0 aliphatic rings. The number of benzene rings is 2. The third kappa shape index (κ3) is 3.66. The molecule has 0 spiro atoms. The number of nitrogens with zero attached hydrogens (tertiary/aromatic N) is 3. The van der Waals surface area contributed by atoms with Crippen molar-refractivity contribution in [2.24, 2.45) is 4.99 Å². The molecule has 3 rings (SSSR count). The summed E-state index contributed by atoms with van der Waals surface area (Å²) in [5.74, 6) is 0.660. The predicted molar refractivity (Wildman–Crippen MR) is 99.7 cm³/mol. The molecule has 1 heterocycles. The van der Waals surface area contributed by atoms with Gasteiger partial charge in [0.05, 0.1) is 24.3 Å². The fourth-order valence-corrected chi connectivity index (χ4v) is 3.49. The summed E-state index contributed by atoms with van der Waals surface area (Å²) in [6.07, 6.45) is 0. The van der Waals surface area contributed by atoms with E-state index in [9.17, 15) is 15.2 Å². The van der Waals surface area contributed by atoms with Gasteiger partial charge >= 0.3 is 0 Å². The van der Waals surface area contributed by atoms with E-state index >= 15 is 0 Å². The zero-order valence-corrected chi connectivity index (χ0v) is 14.8. The number of aliphatic hydroxyl groups is 1. The van der Waals surface area contributed by atoms with Crippen LogP contribution in [-0.4, -0.2) is 28.3 Å². The molecule has 3 aromatic rings. The first kappa shape index (κ1) is 17.8. The van der Waals surface area contributed by atoms with E-state index in [4.69, 9.17) is 4.74 Å². The first-order valence-electron chi connectivity index (χ1n) is 7.86. The lowest BCUT2D eigenvalue weighted by atomic mass is 10.1. The summed E-state index contributed by atoms with van der Waals surface area (Å²) in [7, 11) is 1.59. The zero-order valence-electron chi connectivity index (χ0n) is 14.0. The number of nitro benzene ring substituents is 1. The molecule has 0 radical (unpaired) electrons. The van der Waals surface area contributed by atoms with E-state index in [1.54, 1.807) is 19.2 Å². The van der Waals surface area contributed by atoms with Crippen LogP contribution in [0.4, 0.5) is 11.4 Å². The van der Waals surface area contributed by atoms with Crippen molar-refractivity contribution >= 4 is 22.7 Å². The minimum Gasteiger partial charge on any atom is -0.494 e. The van der Waals surface area contributed by atoms with Gasteiger partial charge in [-0.1, -0.05) is 12.1 Å². The van der Waals surface area contributed by atoms with E-state index < -0.39 is 4.92 Å². The van der Waals surface area contributed by atoms with Gasteiger partial charge in [-0.15, -0.1) is 11.3 Å². The molecular formula is C18H17N3O4S. The van der Waals surface area contributed by atoms with Gasteiger partial charge in [-0.25, -0.2) is 4.99 Å². The molecule has 7 nitrogen and oxygen atoms in total. The quantitative estimate of drug-likeness (QED) is 0.531. The van der Waals surface area contributed by atoms with E-state index in [1.807, 2.05) is 34.2 Å². The molecule has 1 aromatic heterocycles. The number of hydrogen-bond donors (Lipinski definition) is 1. The van der Waals surface area contributed by atoms with Crippen molar-refractivity contribution in [1.29, 1.82) is 0 Å². The predicted octanol–water partition coefficient (Wildman–Crippen LogP) is 3.36. The molecule has 0 aliphatic carbocycles. The Hall–Kier alpha value is -2.97. The third-order valence-corrected chi connectivity index (χ3v) is 4.66. The molecule has 1 N–H and O–H groups in total. The topological polar surface area (TPSA) is 89.9 Å². The van der Waals surface area contributed by atoms with E-state index in [2.05, 4.69) is 4.99 Å². The van der Waals surface area contributed by atoms with Crippen LogP contribution >= 0.6 is 11.3 Å². The molecule has 0 saturated carbocycles. The van der Waals surface area contributed by atoms with Crippen LogP contribution in [0, 0.1) is 10.1 Å². The van der Waals surface area contributed by atoms with E-state index in [0.29, 0.717) is 22.8 Å². The summed E-state index contributed by atoms with van der Waals surface area (Å²) < 4.78 is 7.22. The summed E-state index contributed by atoms with van der Waals surface area (Å²) in [6.45, 7) is 0.319. The highest BCUT2D eigenvalue weighted by atomic mass is 32.1.